The summed E-state index contributed by atoms with van der Waals surface area (Å²) in [4.78, 5) is 21.4. The summed E-state index contributed by atoms with van der Waals surface area (Å²) in [6.07, 6.45) is 1.48. The number of anilines is 1. The van der Waals surface area contributed by atoms with Gasteiger partial charge in [-0.15, -0.1) is 0 Å². The molecule has 1 fully saturated rings. The highest BCUT2D eigenvalue weighted by atomic mass is 16.5. The minimum Gasteiger partial charge on any atom is -0.494 e. The number of hydrogen-bond acceptors (Lipinski definition) is 6. The molecule has 3 atom stereocenters. The summed E-state index contributed by atoms with van der Waals surface area (Å²) in [5, 5.41) is 10.5. The fraction of sp³-hybridized carbons (Fsp3) is 0.526. The second-order valence-corrected chi connectivity index (χ2v) is 6.68. The first kappa shape index (κ1) is 18.4. The third-order valence-corrected chi connectivity index (χ3v) is 4.70. The number of nitrogens with one attached hydrogen (secondary N) is 3. The van der Waals surface area contributed by atoms with Gasteiger partial charge >= 0.3 is 0 Å². The average molecular weight is 357 g/mol. The zero-order valence-corrected chi connectivity index (χ0v) is 15.8. The van der Waals surface area contributed by atoms with Gasteiger partial charge in [-0.05, 0) is 45.4 Å². The first-order valence-electron chi connectivity index (χ1n) is 9.26. The second kappa shape index (κ2) is 7.86. The average Bonchev–Trinajstić information content (AvgIpc) is 2.59. The van der Waals surface area contributed by atoms with Crippen molar-refractivity contribution in [3.05, 3.63) is 23.9 Å². The largest absolute Gasteiger partial charge is 0.494 e. The van der Waals surface area contributed by atoms with E-state index in [2.05, 4.69) is 32.8 Å². The normalized spacial score (nSPS) is 22.9. The molecule has 0 saturated carbocycles. The van der Waals surface area contributed by atoms with Gasteiger partial charge < -0.3 is 15.4 Å². The van der Waals surface area contributed by atoms with Crippen LogP contribution in [0.3, 0.4) is 0 Å². The summed E-state index contributed by atoms with van der Waals surface area (Å²) in [6.45, 7) is 8.65. The lowest BCUT2D eigenvalue weighted by Gasteiger charge is -2.35. The molecule has 3 unspecified atom stereocenters. The lowest BCUT2D eigenvalue weighted by molar-refractivity contribution is -0.129. The third kappa shape index (κ3) is 3.88. The molecular formula is C19H27N5O2. The molecule has 1 amide bonds. The van der Waals surface area contributed by atoms with Gasteiger partial charge in [0.25, 0.3) is 0 Å². The molecule has 0 spiro atoms. The number of hydrogen-bond donors (Lipinski definition) is 3. The molecule has 1 aliphatic heterocycles. The van der Waals surface area contributed by atoms with Crippen molar-refractivity contribution in [1.82, 2.24) is 20.6 Å². The predicted octanol–water partition coefficient (Wildman–Crippen LogP) is 2.56. The number of carbonyl (C=O) groups excluding carboxylic acids is 1. The highest BCUT2D eigenvalue weighted by Crippen LogP contribution is 2.23. The first-order chi connectivity index (χ1) is 12.5. The van der Waals surface area contributed by atoms with Crippen LogP contribution in [0.2, 0.25) is 0 Å². The van der Waals surface area contributed by atoms with Crippen molar-refractivity contribution in [2.24, 2.45) is 5.92 Å². The zero-order valence-electron chi connectivity index (χ0n) is 15.8. The number of nitrogens with zero attached hydrogens (tertiary/aromatic N) is 2. The Morgan fingerprint density at radius 1 is 1.27 bits per heavy atom. The Bertz CT molecular complexity index is 795. The van der Waals surface area contributed by atoms with Crippen LogP contribution in [0.5, 0.6) is 5.75 Å². The van der Waals surface area contributed by atoms with Crippen molar-refractivity contribution in [2.45, 2.75) is 52.9 Å². The van der Waals surface area contributed by atoms with Crippen LogP contribution < -0.4 is 20.7 Å². The third-order valence-electron chi connectivity index (χ3n) is 4.70. The van der Waals surface area contributed by atoms with E-state index < -0.39 is 0 Å². The fourth-order valence-electron chi connectivity index (χ4n) is 3.38. The van der Waals surface area contributed by atoms with Crippen LogP contribution >= 0.6 is 0 Å². The number of aromatic nitrogens is 2. The van der Waals surface area contributed by atoms with Crippen molar-refractivity contribution >= 4 is 22.8 Å². The maximum atomic E-state index is 12.3. The fourth-order valence-corrected chi connectivity index (χ4v) is 3.38. The van der Waals surface area contributed by atoms with E-state index in [1.807, 2.05) is 39.0 Å². The standard InChI is InChI=1S/C19H27N5O2/c1-5-7-14-11(3)20-19(23-17(14)25)24-18-21-12(4)15-10-13(26-6-2)8-9-16(15)22-18/h8-11,14,19-20H,5-7H2,1-4H3,(H,23,25)(H,21,22,24). The highest BCUT2D eigenvalue weighted by Gasteiger charge is 2.32. The number of carbonyl (C=O) groups is 1. The molecule has 7 heteroatoms. The lowest BCUT2D eigenvalue weighted by Crippen LogP contribution is -2.63. The molecule has 0 aliphatic carbocycles. The molecule has 26 heavy (non-hydrogen) atoms. The molecule has 1 saturated heterocycles. The van der Waals surface area contributed by atoms with Crippen LogP contribution in [0.1, 0.15) is 39.3 Å². The molecule has 0 bridgehead atoms. The summed E-state index contributed by atoms with van der Waals surface area (Å²) in [6, 6.07) is 5.87. The van der Waals surface area contributed by atoms with Crippen LogP contribution in [0.4, 0.5) is 5.95 Å². The van der Waals surface area contributed by atoms with Crippen molar-refractivity contribution in [1.29, 1.82) is 0 Å². The molecule has 1 aliphatic rings. The summed E-state index contributed by atoms with van der Waals surface area (Å²) in [5.74, 6) is 1.35. The minimum absolute atomic E-state index is 0.00528. The quantitative estimate of drug-likeness (QED) is 0.736. The number of aryl methyl sites for hydroxylation is 1. The van der Waals surface area contributed by atoms with Gasteiger partial charge in [-0.2, -0.15) is 0 Å². The monoisotopic (exact) mass is 357 g/mol. The minimum atomic E-state index is -0.384. The molecular weight excluding hydrogens is 330 g/mol. The maximum Gasteiger partial charge on any atom is 0.227 e. The van der Waals surface area contributed by atoms with Crippen LogP contribution in [-0.4, -0.2) is 34.8 Å². The van der Waals surface area contributed by atoms with Gasteiger partial charge in [0.05, 0.1) is 23.7 Å². The van der Waals surface area contributed by atoms with E-state index in [1.165, 1.54) is 0 Å². The Morgan fingerprint density at radius 3 is 2.77 bits per heavy atom. The van der Waals surface area contributed by atoms with E-state index in [9.17, 15) is 4.79 Å². The van der Waals surface area contributed by atoms with Crippen LogP contribution in [0.25, 0.3) is 10.9 Å². The molecule has 1 aromatic heterocycles. The van der Waals surface area contributed by atoms with Crippen LogP contribution in [0, 0.1) is 12.8 Å². The molecule has 1 aromatic carbocycles. The van der Waals surface area contributed by atoms with Crippen LogP contribution in [-0.2, 0) is 4.79 Å². The van der Waals surface area contributed by atoms with E-state index in [4.69, 9.17) is 4.74 Å². The number of fused-ring (bicyclic) bond motifs is 1. The summed E-state index contributed by atoms with van der Waals surface area (Å²) < 4.78 is 5.55. The molecule has 2 aromatic rings. The number of benzene rings is 1. The van der Waals surface area contributed by atoms with Crippen molar-refractivity contribution < 1.29 is 9.53 Å². The van der Waals surface area contributed by atoms with Gasteiger partial charge in [-0.25, -0.2) is 9.97 Å². The number of ether oxygens (including phenoxy) is 1. The van der Waals surface area contributed by atoms with Crippen molar-refractivity contribution in [3.8, 4) is 5.75 Å². The van der Waals surface area contributed by atoms with Crippen molar-refractivity contribution in [2.75, 3.05) is 11.9 Å². The smallest absolute Gasteiger partial charge is 0.227 e. The summed E-state index contributed by atoms with van der Waals surface area (Å²) in [5.41, 5.74) is 1.69. The molecule has 3 N–H and O–H groups in total. The number of amides is 1. The maximum absolute atomic E-state index is 12.3. The topological polar surface area (TPSA) is 88.2 Å². The first-order valence-corrected chi connectivity index (χ1v) is 9.26. The molecule has 7 nitrogen and oxygen atoms in total. The SMILES string of the molecule is CCCC1C(=O)NC(Nc2nc(C)c3cc(OCC)ccc3n2)NC1C. The Hall–Kier alpha value is -2.41. The van der Waals surface area contributed by atoms with Gasteiger partial charge in [0.1, 0.15) is 5.75 Å². The van der Waals surface area contributed by atoms with Gasteiger partial charge in [0, 0.05) is 11.4 Å². The van der Waals surface area contributed by atoms with Crippen LogP contribution in [0.15, 0.2) is 18.2 Å². The number of rotatable bonds is 6. The second-order valence-electron chi connectivity index (χ2n) is 6.68. The summed E-state index contributed by atoms with van der Waals surface area (Å²) in [7, 11) is 0. The molecule has 0 radical (unpaired) electrons. The lowest BCUT2D eigenvalue weighted by atomic mass is 9.93. The van der Waals surface area contributed by atoms with Crippen molar-refractivity contribution in [3.63, 3.8) is 0 Å². The Kier molecular flexibility index (Phi) is 5.56. The van der Waals surface area contributed by atoms with E-state index >= 15 is 0 Å². The molecule has 2 heterocycles. The Balaban J connectivity index is 1.77. The predicted molar refractivity (Wildman–Crippen MR) is 102 cm³/mol. The zero-order chi connectivity index (χ0) is 18.7. The van der Waals surface area contributed by atoms with Gasteiger partial charge in [0.15, 0.2) is 6.29 Å². The van der Waals surface area contributed by atoms with E-state index in [0.29, 0.717) is 12.6 Å². The van der Waals surface area contributed by atoms with E-state index in [0.717, 1.165) is 35.2 Å². The molecule has 140 valence electrons. The van der Waals surface area contributed by atoms with Gasteiger partial charge in [0.2, 0.25) is 11.9 Å². The van der Waals surface area contributed by atoms with E-state index in [-0.39, 0.29) is 24.2 Å². The Labute approximate surface area is 153 Å². The molecule has 3 rings (SSSR count). The van der Waals surface area contributed by atoms with E-state index in [1.54, 1.807) is 0 Å². The highest BCUT2D eigenvalue weighted by molar-refractivity contribution is 5.83. The Morgan fingerprint density at radius 2 is 2.08 bits per heavy atom. The van der Waals surface area contributed by atoms with Gasteiger partial charge in [-0.1, -0.05) is 13.3 Å². The van der Waals surface area contributed by atoms with Gasteiger partial charge in [-0.3, -0.25) is 10.1 Å². The summed E-state index contributed by atoms with van der Waals surface area (Å²) >= 11 is 0.